The summed E-state index contributed by atoms with van der Waals surface area (Å²) in [6.07, 6.45) is 4.96. The van der Waals surface area contributed by atoms with E-state index in [-0.39, 0.29) is 36.2 Å². The van der Waals surface area contributed by atoms with Crippen LogP contribution in [0.2, 0.25) is 0 Å². The van der Waals surface area contributed by atoms with E-state index < -0.39 is 12.0 Å². The number of carboxylic acids is 1. The van der Waals surface area contributed by atoms with Gasteiger partial charge in [0.05, 0.1) is 5.56 Å². The van der Waals surface area contributed by atoms with Gasteiger partial charge in [0.15, 0.2) is 0 Å². The number of rotatable bonds is 10. The number of carbonyl (C=O) groups is 1. The van der Waals surface area contributed by atoms with Crippen molar-refractivity contribution in [2.75, 3.05) is 0 Å². The fourth-order valence-corrected chi connectivity index (χ4v) is 3.51. The first kappa shape index (κ1) is 25.0. The quantitative estimate of drug-likeness (QED) is 0.381. The maximum atomic E-state index is 12.6. The zero-order valence-electron chi connectivity index (χ0n) is 17.6. The summed E-state index contributed by atoms with van der Waals surface area (Å²) in [4.78, 5) is 24.0. The number of halogens is 1. The van der Waals surface area contributed by atoms with E-state index in [0.717, 1.165) is 36.6 Å². The Kier molecular flexibility index (Phi) is 9.66. The lowest BCUT2D eigenvalue weighted by Crippen LogP contribution is -2.40. The van der Waals surface area contributed by atoms with Gasteiger partial charge in [-0.2, -0.15) is 0 Å². The number of carboxylic acid groups (broad SMARTS) is 1. The molecule has 2 rings (SSSR count). The van der Waals surface area contributed by atoms with Crippen molar-refractivity contribution in [3.05, 3.63) is 39.2 Å². The van der Waals surface area contributed by atoms with Crippen LogP contribution in [0, 0.1) is 12.8 Å². The molecule has 0 aliphatic heterocycles. The van der Waals surface area contributed by atoms with Crippen molar-refractivity contribution in [1.82, 2.24) is 5.32 Å². The van der Waals surface area contributed by atoms with Crippen LogP contribution in [-0.2, 0) is 17.8 Å². The van der Waals surface area contributed by atoms with E-state index in [2.05, 4.69) is 12.2 Å². The molecule has 0 amide bonds. The van der Waals surface area contributed by atoms with Crippen LogP contribution in [0.15, 0.2) is 21.3 Å². The van der Waals surface area contributed by atoms with Gasteiger partial charge in [-0.1, -0.05) is 40.0 Å². The smallest absolute Gasteiger partial charge is 0.339 e. The summed E-state index contributed by atoms with van der Waals surface area (Å²) in [5.41, 5.74) is 1.88. The van der Waals surface area contributed by atoms with E-state index in [1.807, 2.05) is 20.8 Å². The molecule has 162 valence electrons. The molecular weight excluding hydrogens is 394 g/mol. The summed E-state index contributed by atoms with van der Waals surface area (Å²) in [5, 5.41) is 23.4. The third-order valence-electron chi connectivity index (χ3n) is 5.25. The minimum Gasteiger partial charge on any atom is -0.507 e. The number of fused-ring (bicyclic) bond motifs is 1. The highest BCUT2D eigenvalue weighted by Crippen LogP contribution is 2.30. The number of aryl methyl sites for hydroxylation is 1. The third-order valence-corrected chi connectivity index (χ3v) is 5.25. The molecule has 0 saturated heterocycles. The molecule has 0 radical (unpaired) electrons. The van der Waals surface area contributed by atoms with Crippen molar-refractivity contribution in [3.8, 4) is 5.75 Å². The number of aromatic hydroxyl groups is 1. The predicted molar refractivity (Wildman–Crippen MR) is 117 cm³/mol. The van der Waals surface area contributed by atoms with Gasteiger partial charge in [0.25, 0.3) is 0 Å². The zero-order chi connectivity index (χ0) is 20.8. The Morgan fingerprint density at radius 1 is 1.17 bits per heavy atom. The number of nitrogens with one attached hydrogen (secondary N) is 1. The van der Waals surface area contributed by atoms with Gasteiger partial charge in [-0.3, -0.25) is 10.1 Å². The number of hydrogen-bond donors (Lipinski definition) is 3. The Hall–Kier alpha value is -2.05. The second kappa shape index (κ2) is 11.2. The molecule has 2 aromatic rings. The van der Waals surface area contributed by atoms with Crippen molar-refractivity contribution in [3.63, 3.8) is 0 Å². The highest BCUT2D eigenvalue weighted by molar-refractivity contribution is 5.86. The zero-order valence-corrected chi connectivity index (χ0v) is 18.4. The average molecular weight is 426 g/mol. The first-order chi connectivity index (χ1) is 13.3. The average Bonchev–Trinajstić information content (AvgIpc) is 2.62. The fourth-order valence-electron chi connectivity index (χ4n) is 3.51. The van der Waals surface area contributed by atoms with E-state index in [1.54, 1.807) is 12.1 Å². The highest BCUT2D eigenvalue weighted by atomic mass is 35.5. The molecular formula is C22H32ClNO5. The van der Waals surface area contributed by atoms with Gasteiger partial charge in [0, 0.05) is 17.5 Å². The number of phenolic OH excluding ortho intramolecular Hbond substituents is 1. The minimum atomic E-state index is -0.957. The number of aliphatic carboxylic acids is 1. The molecule has 3 N–H and O–H groups in total. The summed E-state index contributed by atoms with van der Waals surface area (Å²) in [5.74, 6) is -1.11. The fraction of sp³-hybridized carbons (Fsp3) is 0.545. The lowest BCUT2D eigenvalue weighted by atomic mass is 9.98. The van der Waals surface area contributed by atoms with E-state index in [9.17, 15) is 19.8 Å². The molecule has 0 fully saturated rings. The maximum absolute atomic E-state index is 12.6. The molecule has 0 spiro atoms. The monoisotopic (exact) mass is 425 g/mol. The third kappa shape index (κ3) is 5.97. The van der Waals surface area contributed by atoms with Crippen LogP contribution in [0.3, 0.4) is 0 Å². The molecule has 29 heavy (non-hydrogen) atoms. The molecule has 1 heterocycles. The van der Waals surface area contributed by atoms with Gasteiger partial charge in [-0.25, -0.2) is 4.79 Å². The topological polar surface area (TPSA) is 99.8 Å². The second-order valence-electron chi connectivity index (χ2n) is 7.68. The van der Waals surface area contributed by atoms with Gasteiger partial charge in [0.1, 0.15) is 17.4 Å². The van der Waals surface area contributed by atoms with Crippen molar-refractivity contribution in [1.29, 1.82) is 0 Å². The Morgan fingerprint density at radius 2 is 1.86 bits per heavy atom. The van der Waals surface area contributed by atoms with E-state index in [4.69, 9.17) is 4.42 Å². The SMILES string of the molecule is CCCCCCc1c(C)c2ccc(O)c(CN[C@H](C(=O)O)C(C)C)c2oc1=O.Cl. The van der Waals surface area contributed by atoms with Gasteiger partial charge in [-0.15, -0.1) is 12.4 Å². The van der Waals surface area contributed by atoms with E-state index in [0.29, 0.717) is 23.1 Å². The largest absolute Gasteiger partial charge is 0.507 e. The molecule has 1 aromatic carbocycles. The number of phenols is 1. The number of unbranched alkanes of at least 4 members (excludes halogenated alkanes) is 3. The van der Waals surface area contributed by atoms with Crippen LogP contribution >= 0.6 is 12.4 Å². The molecule has 0 aliphatic rings. The molecule has 0 saturated carbocycles. The first-order valence-electron chi connectivity index (χ1n) is 10.0. The molecule has 6 nitrogen and oxygen atoms in total. The standard InChI is InChI=1S/C22H31NO5.ClH/c1-5-6-7-8-9-16-14(4)15-10-11-18(24)17(20(15)28-22(16)27)12-23-19(13(2)3)21(25)26;/h10-11,13,19,23-24H,5-9,12H2,1-4H3,(H,25,26);1H/t19-;/m0./s1. The van der Waals surface area contributed by atoms with Crippen molar-refractivity contribution < 1.29 is 19.4 Å². The summed E-state index contributed by atoms with van der Waals surface area (Å²) in [6, 6.07) is 2.55. The van der Waals surface area contributed by atoms with Crippen LogP contribution < -0.4 is 10.9 Å². The van der Waals surface area contributed by atoms with Crippen LogP contribution in [0.25, 0.3) is 11.0 Å². The Balaban J connectivity index is 0.00000420. The number of hydrogen-bond acceptors (Lipinski definition) is 5. The Labute approximate surface area is 177 Å². The Bertz CT molecular complexity index is 891. The summed E-state index contributed by atoms with van der Waals surface area (Å²) in [6.45, 7) is 7.76. The molecule has 7 heteroatoms. The van der Waals surface area contributed by atoms with Crippen molar-refractivity contribution in [2.24, 2.45) is 5.92 Å². The lowest BCUT2D eigenvalue weighted by Gasteiger charge is -2.19. The first-order valence-corrected chi connectivity index (χ1v) is 10.0. The molecule has 0 aliphatic carbocycles. The highest BCUT2D eigenvalue weighted by Gasteiger charge is 2.23. The lowest BCUT2D eigenvalue weighted by molar-refractivity contribution is -0.140. The normalized spacial score (nSPS) is 12.2. The second-order valence-corrected chi connectivity index (χ2v) is 7.68. The van der Waals surface area contributed by atoms with Gasteiger partial charge < -0.3 is 14.6 Å². The summed E-state index contributed by atoms with van der Waals surface area (Å²) in [7, 11) is 0. The van der Waals surface area contributed by atoms with Gasteiger partial charge >= 0.3 is 11.6 Å². The van der Waals surface area contributed by atoms with Crippen molar-refractivity contribution in [2.45, 2.75) is 72.4 Å². The minimum absolute atomic E-state index is 0. The van der Waals surface area contributed by atoms with Crippen LogP contribution in [0.1, 0.15) is 63.1 Å². The van der Waals surface area contributed by atoms with Crippen LogP contribution in [0.5, 0.6) is 5.75 Å². The Morgan fingerprint density at radius 3 is 2.45 bits per heavy atom. The molecule has 1 aromatic heterocycles. The maximum Gasteiger partial charge on any atom is 0.339 e. The summed E-state index contributed by atoms with van der Waals surface area (Å²) < 4.78 is 5.59. The predicted octanol–water partition coefficient (Wildman–Crippen LogP) is 4.55. The van der Waals surface area contributed by atoms with Crippen molar-refractivity contribution >= 4 is 29.3 Å². The van der Waals surface area contributed by atoms with Gasteiger partial charge in [-0.05, 0) is 43.4 Å². The van der Waals surface area contributed by atoms with Crippen LogP contribution in [-0.4, -0.2) is 22.2 Å². The van der Waals surface area contributed by atoms with E-state index in [1.165, 1.54) is 0 Å². The molecule has 0 unspecified atom stereocenters. The molecule has 0 bridgehead atoms. The van der Waals surface area contributed by atoms with Gasteiger partial charge in [0.2, 0.25) is 0 Å². The van der Waals surface area contributed by atoms with E-state index >= 15 is 0 Å². The summed E-state index contributed by atoms with van der Waals surface area (Å²) >= 11 is 0. The van der Waals surface area contributed by atoms with Crippen LogP contribution in [0.4, 0.5) is 0 Å². The number of benzene rings is 1. The molecule has 1 atom stereocenters.